The van der Waals surface area contributed by atoms with Crippen LogP contribution in [-0.4, -0.2) is 54.8 Å². The Kier molecular flexibility index (Phi) is 4.75. The number of H-pyrrole nitrogens is 1. The van der Waals surface area contributed by atoms with Crippen LogP contribution in [0.4, 0.5) is 5.95 Å². The Morgan fingerprint density at radius 3 is 2.93 bits per heavy atom. The van der Waals surface area contributed by atoms with E-state index in [4.69, 9.17) is 14.5 Å². The summed E-state index contributed by atoms with van der Waals surface area (Å²) in [5.41, 5.74) is 4.06. The van der Waals surface area contributed by atoms with Crippen LogP contribution in [0.1, 0.15) is 29.7 Å². The van der Waals surface area contributed by atoms with Crippen LogP contribution < -0.4 is 19.9 Å². The highest BCUT2D eigenvalue weighted by Crippen LogP contribution is 2.30. The van der Waals surface area contributed by atoms with Crippen molar-refractivity contribution in [2.45, 2.75) is 25.8 Å². The normalized spacial score (nSPS) is 18.7. The number of benzene rings is 1. The second-order valence-electron chi connectivity index (χ2n) is 7.96. The van der Waals surface area contributed by atoms with E-state index in [-0.39, 0.29) is 5.56 Å². The minimum absolute atomic E-state index is 0.0257. The van der Waals surface area contributed by atoms with Gasteiger partial charge in [0.05, 0.1) is 12.8 Å². The fourth-order valence-corrected chi connectivity index (χ4v) is 4.40. The van der Waals surface area contributed by atoms with Gasteiger partial charge in [-0.25, -0.2) is 4.98 Å². The Morgan fingerprint density at radius 2 is 2.10 bits per heavy atom. The summed E-state index contributed by atoms with van der Waals surface area (Å²) in [5.74, 6) is 2.45. The van der Waals surface area contributed by atoms with Crippen LogP contribution in [0.25, 0.3) is 6.08 Å². The first-order valence-electron chi connectivity index (χ1n) is 10.3. The van der Waals surface area contributed by atoms with Crippen LogP contribution in [-0.2, 0) is 13.0 Å². The third-order valence-electron chi connectivity index (χ3n) is 5.96. The van der Waals surface area contributed by atoms with Crippen LogP contribution in [0.15, 0.2) is 28.6 Å². The molecule has 1 aromatic carbocycles. The summed E-state index contributed by atoms with van der Waals surface area (Å²) < 4.78 is 11.3. The first-order chi connectivity index (χ1) is 14.2. The highest BCUT2D eigenvalue weighted by molar-refractivity contribution is 5.64. The van der Waals surface area contributed by atoms with Crippen molar-refractivity contribution in [1.29, 1.82) is 0 Å². The van der Waals surface area contributed by atoms with Crippen molar-refractivity contribution in [2.24, 2.45) is 0 Å². The number of methoxy groups -OCH3 is 1. The van der Waals surface area contributed by atoms with Crippen LogP contribution in [0, 0.1) is 0 Å². The van der Waals surface area contributed by atoms with Crippen molar-refractivity contribution in [3.63, 3.8) is 0 Å². The SMILES string of the molecule is COc1ccc2c(c1)C=C(CN1CCc3c(nc(N4CCCC4)[nH]c3=O)C1)CO2. The molecule has 5 rings (SSSR count). The van der Waals surface area contributed by atoms with Gasteiger partial charge in [-0.2, -0.15) is 0 Å². The van der Waals surface area contributed by atoms with Crippen molar-refractivity contribution in [1.82, 2.24) is 14.9 Å². The van der Waals surface area contributed by atoms with Gasteiger partial charge in [0.1, 0.15) is 18.1 Å². The quantitative estimate of drug-likeness (QED) is 0.858. The van der Waals surface area contributed by atoms with Crippen molar-refractivity contribution < 1.29 is 9.47 Å². The Balaban J connectivity index is 1.34. The maximum absolute atomic E-state index is 12.6. The molecule has 0 aliphatic carbocycles. The van der Waals surface area contributed by atoms with Gasteiger partial charge in [0.15, 0.2) is 0 Å². The van der Waals surface area contributed by atoms with Gasteiger partial charge in [-0.05, 0) is 49.1 Å². The number of nitrogens with one attached hydrogen (secondary N) is 1. The summed E-state index contributed by atoms with van der Waals surface area (Å²) in [7, 11) is 1.67. The molecule has 0 amide bonds. The molecule has 0 radical (unpaired) electrons. The lowest BCUT2D eigenvalue weighted by atomic mass is 10.0. The van der Waals surface area contributed by atoms with Gasteiger partial charge in [0.25, 0.3) is 5.56 Å². The van der Waals surface area contributed by atoms with Gasteiger partial charge >= 0.3 is 0 Å². The van der Waals surface area contributed by atoms with Crippen LogP contribution >= 0.6 is 0 Å². The van der Waals surface area contributed by atoms with Gasteiger partial charge < -0.3 is 14.4 Å². The Bertz CT molecular complexity index is 1010. The molecule has 152 valence electrons. The smallest absolute Gasteiger partial charge is 0.255 e. The molecule has 0 saturated carbocycles. The number of hydrogen-bond acceptors (Lipinski definition) is 6. The molecule has 2 aromatic rings. The lowest BCUT2D eigenvalue weighted by Crippen LogP contribution is -2.38. The molecular formula is C22H26N4O3. The van der Waals surface area contributed by atoms with Crippen LogP contribution in [0.5, 0.6) is 11.5 Å². The molecule has 7 nitrogen and oxygen atoms in total. The molecule has 1 saturated heterocycles. The third kappa shape index (κ3) is 3.62. The third-order valence-corrected chi connectivity index (χ3v) is 5.96. The average Bonchev–Trinajstić information content (AvgIpc) is 3.28. The van der Waals surface area contributed by atoms with E-state index in [9.17, 15) is 4.79 Å². The molecule has 0 spiro atoms. The summed E-state index contributed by atoms with van der Waals surface area (Å²) in [6.07, 6.45) is 5.24. The van der Waals surface area contributed by atoms with Crippen molar-refractivity contribution >= 4 is 12.0 Å². The number of fused-ring (bicyclic) bond motifs is 2. The summed E-state index contributed by atoms with van der Waals surface area (Å²) in [6, 6.07) is 5.87. The zero-order valence-electron chi connectivity index (χ0n) is 16.7. The van der Waals surface area contributed by atoms with Gasteiger partial charge in [-0.15, -0.1) is 0 Å². The number of nitrogens with zero attached hydrogens (tertiary/aromatic N) is 3. The monoisotopic (exact) mass is 394 g/mol. The van der Waals surface area contributed by atoms with Gasteiger partial charge in [-0.3, -0.25) is 14.7 Å². The van der Waals surface area contributed by atoms with Crippen molar-refractivity contribution in [2.75, 3.05) is 44.8 Å². The van der Waals surface area contributed by atoms with Crippen molar-refractivity contribution in [3.8, 4) is 11.5 Å². The predicted octanol–water partition coefficient (Wildman–Crippen LogP) is 2.21. The number of aromatic nitrogens is 2. The Hall–Kier alpha value is -2.80. The summed E-state index contributed by atoms with van der Waals surface area (Å²) in [6.45, 7) is 4.89. The molecule has 1 N–H and O–H groups in total. The largest absolute Gasteiger partial charge is 0.497 e. The molecule has 1 aromatic heterocycles. The van der Waals surface area contributed by atoms with Crippen molar-refractivity contribution in [3.05, 3.63) is 50.9 Å². The van der Waals surface area contributed by atoms with E-state index in [1.807, 2.05) is 18.2 Å². The van der Waals surface area contributed by atoms with E-state index in [1.54, 1.807) is 7.11 Å². The van der Waals surface area contributed by atoms with E-state index < -0.39 is 0 Å². The predicted molar refractivity (Wildman–Crippen MR) is 112 cm³/mol. The number of anilines is 1. The van der Waals surface area contributed by atoms with E-state index >= 15 is 0 Å². The lowest BCUT2D eigenvalue weighted by molar-refractivity contribution is 0.253. The maximum Gasteiger partial charge on any atom is 0.255 e. The molecule has 4 heterocycles. The standard InChI is InChI=1S/C22H26N4O3/c1-28-17-4-5-20-16(11-17)10-15(14-29-20)12-25-9-6-18-19(13-25)23-22(24-21(18)27)26-7-2-3-8-26/h4-5,10-11H,2-3,6-9,12-14H2,1H3,(H,23,24,27). The van der Waals surface area contributed by atoms with E-state index in [1.165, 1.54) is 5.57 Å². The molecule has 3 aliphatic heterocycles. The Labute approximate surface area is 170 Å². The zero-order valence-corrected chi connectivity index (χ0v) is 16.7. The molecule has 29 heavy (non-hydrogen) atoms. The molecule has 0 unspecified atom stereocenters. The molecule has 0 atom stereocenters. The van der Waals surface area contributed by atoms with Crippen LogP contribution in [0.3, 0.4) is 0 Å². The van der Waals surface area contributed by atoms with Gasteiger partial charge in [-0.1, -0.05) is 0 Å². The second kappa shape index (κ2) is 7.55. The zero-order chi connectivity index (χ0) is 19.8. The van der Waals surface area contributed by atoms with E-state index in [0.717, 1.165) is 79.7 Å². The first-order valence-corrected chi connectivity index (χ1v) is 10.3. The van der Waals surface area contributed by atoms with E-state index in [2.05, 4.69) is 20.9 Å². The summed E-state index contributed by atoms with van der Waals surface area (Å²) in [5, 5.41) is 0. The first kappa shape index (κ1) is 18.2. The number of aromatic amines is 1. The van der Waals surface area contributed by atoms with Crippen LogP contribution in [0.2, 0.25) is 0 Å². The number of ether oxygens (including phenoxy) is 2. The highest BCUT2D eigenvalue weighted by Gasteiger charge is 2.24. The fourth-order valence-electron chi connectivity index (χ4n) is 4.40. The lowest BCUT2D eigenvalue weighted by Gasteiger charge is -2.30. The fraction of sp³-hybridized carbons (Fsp3) is 0.455. The average molecular weight is 394 g/mol. The second-order valence-corrected chi connectivity index (χ2v) is 7.96. The Morgan fingerprint density at radius 1 is 1.24 bits per heavy atom. The molecule has 1 fully saturated rings. The molecule has 0 bridgehead atoms. The van der Waals surface area contributed by atoms with Gasteiger partial charge in [0.2, 0.25) is 5.95 Å². The minimum Gasteiger partial charge on any atom is -0.497 e. The molecule has 3 aliphatic rings. The highest BCUT2D eigenvalue weighted by atomic mass is 16.5. The summed E-state index contributed by atoms with van der Waals surface area (Å²) >= 11 is 0. The number of hydrogen-bond donors (Lipinski definition) is 1. The topological polar surface area (TPSA) is 70.7 Å². The molecule has 7 heteroatoms. The summed E-state index contributed by atoms with van der Waals surface area (Å²) in [4.78, 5) is 24.9. The number of rotatable bonds is 4. The maximum atomic E-state index is 12.6. The molecular weight excluding hydrogens is 368 g/mol. The minimum atomic E-state index is 0.0257. The van der Waals surface area contributed by atoms with Gasteiger partial charge in [0, 0.05) is 43.9 Å². The van der Waals surface area contributed by atoms with E-state index in [0.29, 0.717) is 13.2 Å².